The van der Waals surface area contributed by atoms with E-state index in [1.165, 1.54) is 0 Å². The number of carbonyl (C=O) groups is 1. The number of anilines is 1. The van der Waals surface area contributed by atoms with Gasteiger partial charge in [0.15, 0.2) is 0 Å². The molecule has 4 heteroatoms. The van der Waals surface area contributed by atoms with Crippen LogP contribution in [-0.4, -0.2) is 31.7 Å². The summed E-state index contributed by atoms with van der Waals surface area (Å²) in [6.45, 7) is 4.86. The van der Waals surface area contributed by atoms with E-state index >= 15 is 0 Å². The maximum atomic E-state index is 11.6. The Balaban J connectivity index is 1.98. The molecule has 0 saturated heterocycles. The van der Waals surface area contributed by atoms with Crippen LogP contribution >= 0.6 is 0 Å². The smallest absolute Gasteiger partial charge is 0.251 e. The fraction of sp³-hybridized carbons (Fsp3) is 0.533. The highest BCUT2D eigenvalue weighted by atomic mass is 16.5. The van der Waals surface area contributed by atoms with Crippen molar-refractivity contribution in [1.82, 2.24) is 5.32 Å². The van der Waals surface area contributed by atoms with Crippen molar-refractivity contribution in [2.45, 2.75) is 38.8 Å². The lowest BCUT2D eigenvalue weighted by molar-refractivity contribution is 0.00298. The molecule has 1 aromatic carbocycles. The highest BCUT2D eigenvalue weighted by Crippen LogP contribution is 2.28. The van der Waals surface area contributed by atoms with Crippen molar-refractivity contribution in [2.75, 3.05) is 19.0 Å². The minimum absolute atomic E-state index is 0.0520. The van der Waals surface area contributed by atoms with Gasteiger partial charge in [0.05, 0.1) is 6.10 Å². The van der Waals surface area contributed by atoms with Crippen molar-refractivity contribution in [1.29, 1.82) is 0 Å². The molecule has 0 unspecified atom stereocenters. The van der Waals surface area contributed by atoms with Crippen LogP contribution in [0.2, 0.25) is 0 Å². The summed E-state index contributed by atoms with van der Waals surface area (Å²) in [6.07, 6.45) is 2.47. The molecule has 1 aromatic rings. The van der Waals surface area contributed by atoms with E-state index in [-0.39, 0.29) is 5.91 Å². The molecule has 2 N–H and O–H groups in total. The summed E-state index contributed by atoms with van der Waals surface area (Å²) in [5.74, 6) is -0.0520. The molecule has 1 aliphatic carbocycles. The Morgan fingerprint density at radius 3 is 2.79 bits per heavy atom. The van der Waals surface area contributed by atoms with Gasteiger partial charge in [-0.1, -0.05) is 6.07 Å². The zero-order valence-corrected chi connectivity index (χ0v) is 11.8. The zero-order chi connectivity index (χ0) is 13.8. The lowest BCUT2D eigenvalue weighted by Gasteiger charge is -2.36. The summed E-state index contributed by atoms with van der Waals surface area (Å²) in [4.78, 5) is 11.6. The van der Waals surface area contributed by atoms with Gasteiger partial charge in [-0.3, -0.25) is 4.79 Å². The highest BCUT2D eigenvalue weighted by Gasteiger charge is 2.29. The van der Waals surface area contributed by atoms with Gasteiger partial charge in [0, 0.05) is 30.9 Å². The van der Waals surface area contributed by atoms with Crippen molar-refractivity contribution < 1.29 is 9.53 Å². The predicted octanol–water partition coefficient (Wildman–Crippen LogP) is 2.33. The maximum Gasteiger partial charge on any atom is 0.251 e. The van der Waals surface area contributed by atoms with E-state index in [2.05, 4.69) is 17.6 Å². The number of rotatable bonds is 5. The van der Waals surface area contributed by atoms with Crippen molar-refractivity contribution >= 4 is 11.6 Å². The SMILES string of the molecule is CCOC1CC(Nc2cc(C(=O)NC)ccc2C)C1. The first-order valence-electron chi connectivity index (χ1n) is 6.85. The van der Waals surface area contributed by atoms with Crippen LogP contribution in [0, 0.1) is 6.92 Å². The Labute approximate surface area is 114 Å². The van der Waals surface area contributed by atoms with E-state index in [1.807, 2.05) is 25.1 Å². The predicted molar refractivity (Wildman–Crippen MR) is 76.6 cm³/mol. The summed E-state index contributed by atoms with van der Waals surface area (Å²) in [5, 5.41) is 6.14. The molecule has 4 nitrogen and oxygen atoms in total. The lowest BCUT2D eigenvalue weighted by Crippen LogP contribution is -2.41. The Morgan fingerprint density at radius 1 is 1.42 bits per heavy atom. The number of amides is 1. The minimum atomic E-state index is -0.0520. The molecule has 0 aliphatic heterocycles. The Kier molecular flexibility index (Phi) is 4.43. The van der Waals surface area contributed by atoms with Gasteiger partial charge in [0.2, 0.25) is 0 Å². The summed E-state index contributed by atoms with van der Waals surface area (Å²) in [7, 11) is 1.65. The van der Waals surface area contributed by atoms with E-state index in [4.69, 9.17) is 4.74 Å². The van der Waals surface area contributed by atoms with Gasteiger partial charge in [-0.25, -0.2) is 0 Å². The molecule has 19 heavy (non-hydrogen) atoms. The van der Waals surface area contributed by atoms with Crippen LogP contribution in [-0.2, 0) is 4.74 Å². The molecule has 2 rings (SSSR count). The van der Waals surface area contributed by atoms with Crippen LogP contribution in [0.15, 0.2) is 18.2 Å². The summed E-state index contributed by atoms with van der Waals surface area (Å²) in [6, 6.07) is 6.20. The molecule has 0 heterocycles. The van der Waals surface area contributed by atoms with Gasteiger partial charge >= 0.3 is 0 Å². The van der Waals surface area contributed by atoms with Crippen LogP contribution in [0.4, 0.5) is 5.69 Å². The Morgan fingerprint density at radius 2 is 2.16 bits per heavy atom. The number of hydrogen-bond donors (Lipinski definition) is 2. The molecular weight excluding hydrogens is 240 g/mol. The number of nitrogens with one attached hydrogen (secondary N) is 2. The van der Waals surface area contributed by atoms with E-state index < -0.39 is 0 Å². The van der Waals surface area contributed by atoms with Gasteiger partial charge in [0.25, 0.3) is 5.91 Å². The van der Waals surface area contributed by atoms with Gasteiger partial charge in [0.1, 0.15) is 0 Å². The molecule has 0 atom stereocenters. The van der Waals surface area contributed by atoms with E-state index in [0.717, 1.165) is 30.7 Å². The van der Waals surface area contributed by atoms with Crippen molar-refractivity contribution in [3.8, 4) is 0 Å². The topological polar surface area (TPSA) is 50.4 Å². The molecule has 1 saturated carbocycles. The molecule has 0 aromatic heterocycles. The van der Waals surface area contributed by atoms with Crippen molar-refractivity contribution in [3.05, 3.63) is 29.3 Å². The molecule has 0 radical (unpaired) electrons. The average molecular weight is 262 g/mol. The maximum absolute atomic E-state index is 11.6. The Bertz CT molecular complexity index is 453. The second kappa shape index (κ2) is 6.06. The Hall–Kier alpha value is -1.55. The first-order chi connectivity index (χ1) is 9.13. The number of aryl methyl sites for hydroxylation is 1. The molecular formula is C15H22N2O2. The zero-order valence-electron chi connectivity index (χ0n) is 11.8. The summed E-state index contributed by atoms with van der Waals surface area (Å²) < 4.78 is 5.55. The van der Waals surface area contributed by atoms with Crippen LogP contribution in [0.3, 0.4) is 0 Å². The number of benzene rings is 1. The third kappa shape index (κ3) is 3.26. The molecule has 104 valence electrons. The first kappa shape index (κ1) is 13.9. The molecule has 0 spiro atoms. The lowest BCUT2D eigenvalue weighted by atomic mass is 9.88. The fourth-order valence-electron chi connectivity index (χ4n) is 2.34. The van der Waals surface area contributed by atoms with Gasteiger partial charge < -0.3 is 15.4 Å². The van der Waals surface area contributed by atoms with Gasteiger partial charge in [-0.05, 0) is 44.4 Å². The third-order valence-electron chi connectivity index (χ3n) is 3.58. The number of ether oxygens (including phenoxy) is 1. The van der Waals surface area contributed by atoms with Gasteiger partial charge in [-0.15, -0.1) is 0 Å². The molecule has 1 aliphatic rings. The number of carbonyl (C=O) groups excluding carboxylic acids is 1. The van der Waals surface area contributed by atoms with E-state index in [0.29, 0.717) is 17.7 Å². The molecule has 0 bridgehead atoms. The summed E-state index contributed by atoms with van der Waals surface area (Å²) >= 11 is 0. The summed E-state index contributed by atoms with van der Waals surface area (Å²) in [5.41, 5.74) is 2.89. The molecule has 1 fully saturated rings. The van der Waals surface area contributed by atoms with Crippen molar-refractivity contribution in [3.63, 3.8) is 0 Å². The van der Waals surface area contributed by atoms with Crippen LogP contribution < -0.4 is 10.6 Å². The van der Waals surface area contributed by atoms with Gasteiger partial charge in [-0.2, -0.15) is 0 Å². The quantitative estimate of drug-likeness (QED) is 0.856. The van der Waals surface area contributed by atoms with Crippen LogP contribution in [0.5, 0.6) is 0 Å². The molecule has 1 amide bonds. The minimum Gasteiger partial charge on any atom is -0.382 e. The standard InChI is InChI=1S/C15H22N2O2/c1-4-19-13-8-12(9-13)17-14-7-11(15(18)16-3)6-5-10(14)2/h5-7,12-13,17H,4,8-9H2,1-3H3,(H,16,18). The van der Waals surface area contributed by atoms with Crippen LogP contribution in [0.1, 0.15) is 35.7 Å². The second-order valence-electron chi connectivity index (χ2n) is 5.00. The largest absolute Gasteiger partial charge is 0.382 e. The second-order valence-corrected chi connectivity index (χ2v) is 5.00. The number of hydrogen-bond acceptors (Lipinski definition) is 3. The van der Waals surface area contributed by atoms with Crippen molar-refractivity contribution in [2.24, 2.45) is 0 Å². The fourth-order valence-corrected chi connectivity index (χ4v) is 2.34. The highest BCUT2D eigenvalue weighted by molar-refractivity contribution is 5.95. The normalized spacial score (nSPS) is 21.6. The monoisotopic (exact) mass is 262 g/mol. The van der Waals surface area contributed by atoms with Crippen LogP contribution in [0.25, 0.3) is 0 Å². The first-order valence-corrected chi connectivity index (χ1v) is 6.85. The average Bonchev–Trinajstić information content (AvgIpc) is 2.37. The van der Waals surface area contributed by atoms with E-state index in [1.54, 1.807) is 7.05 Å². The third-order valence-corrected chi connectivity index (χ3v) is 3.58. The van der Waals surface area contributed by atoms with E-state index in [9.17, 15) is 4.79 Å².